The van der Waals surface area contributed by atoms with Crippen molar-refractivity contribution in [3.8, 4) is 0 Å². The number of hydrogen-bond acceptors (Lipinski definition) is 7. The Bertz CT molecular complexity index is 893. The van der Waals surface area contributed by atoms with Gasteiger partial charge in [-0.25, -0.2) is 9.50 Å². The minimum absolute atomic E-state index is 0.580. The van der Waals surface area contributed by atoms with Crippen molar-refractivity contribution in [2.75, 3.05) is 23.5 Å². The van der Waals surface area contributed by atoms with Gasteiger partial charge in [0.1, 0.15) is 11.5 Å². The van der Waals surface area contributed by atoms with Gasteiger partial charge >= 0.3 is 0 Å². The predicted molar refractivity (Wildman–Crippen MR) is 93.0 cm³/mol. The standard InChI is InChI=1S/C16H22N8O/c1-11-7-10-24-15(14(11)21-25)17-12(19-24)5-6-13-18-16(20-22(13)2)23-8-3-4-9-23/h7,10,21,25H,3-6,8-9H2,1-2H3. The van der Waals surface area contributed by atoms with Gasteiger partial charge in [-0.15, -0.1) is 5.10 Å². The van der Waals surface area contributed by atoms with E-state index < -0.39 is 0 Å². The molecular weight excluding hydrogens is 320 g/mol. The van der Waals surface area contributed by atoms with E-state index in [2.05, 4.69) is 30.5 Å². The summed E-state index contributed by atoms with van der Waals surface area (Å²) in [5.74, 6) is 2.46. The van der Waals surface area contributed by atoms with E-state index in [0.29, 0.717) is 23.6 Å². The Morgan fingerprint density at radius 3 is 2.72 bits per heavy atom. The quantitative estimate of drug-likeness (QED) is 0.676. The number of aromatic nitrogens is 6. The van der Waals surface area contributed by atoms with E-state index in [1.54, 1.807) is 4.52 Å². The lowest BCUT2D eigenvalue weighted by atomic mass is 10.2. The second-order valence-electron chi connectivity index (χ2n) is 6.43. The smallest absolute Gasteiger partial charge is 0.244 e. The van der Waals surface area contributed by atoms with Gasteiger partial charge in [-0.3, -0.25) is 15.4 Å². The molecule has 2 N–H and O–H groups in total. The highest BCUT2D eigenvalue weighted by atomic mass is 16.5. The minimum Gasteiger partial charge on any atom is -0.340 e. The Labute approximate surface area is 145 Å². The van der Waals surface area contributed by atoms with E-state index in [0.717, 1.165) is 36.8 Å². The van der Waals surface area contributed by atoms with Crippen molar-refractivity contribution < 1.29 is 5.21 Å². The summed E-state index contributed by atoms with van der Waals surface area (Å²) in [4.78, 5) is 11.4. The summed E-state index contributed by atoms with van der Waals surface area (Å²) in [7, 11) is 1.93. The van der Waals surface area contributed by atoms with Gasteiger partial charge in [0.05, 0.1) is 0 Å². The highest BCUT2D eigenvalue weighted by Gasteiger charge is 2.18. The number of nitrogens with one attached hydrogen (secondary N) is 1. The van der Waals surface area contributed by atoms with Crippen molar-refractivity contribution in [1.29, 1.82) is 0 Å². The number of aryl methyl sites for hydroxylation is 4. The third-order valence-electron chi connectivity index (χ3n) is 4.67. The average Bonchev–Trinajstić information content (AvgIpc) is 3.32. The SMILES string of the molecule is Cc1ccn2nc(CCc3nc(N4CCCC4)nn3C)nc2c1NO. The van der Waals surface area contributed by atoms with Gasteiger partial charge in [-0.05, 0) is 31.4 Å². The van der Waals surface area contributed by atoms with Gasteiger partial charge in [0.25, 0.3) is 0 Å². The van der Waals surface area contributed by atoms with Crippen molar-refractivity contribution >= 4 is 17.3 Å². The van der Waals surface area contributed by atoms with Crippen LogP contribution in [-0.2, 0) is 19.9 Å². The van der Waals surface area contributed by atoms with Gasteiger partial charge in [0.2, 0.25) is 5.95 Å². The first-order valence-corrected chi connectivity index (χ1v) is 8.55. The lowest BCUT2D eigenvalue weighted by molar-refractivity contribution is 0.389. The number of nitrogens with zero attached hydrogens (tertiary/aromatic N) is 7. The van der Waals surface area contributed by atoms with Crippen molar-refractivity contribution in [2.24, 2.45) is 7.05 Å². The number of rotatable bonds is 5. The van der Waals surface area contributed by atoms with Crippen LogP contribution in [0.15, 0.2) is 12.3 Å². The van der Waals surface area contributed by atoms with Gasteiger partial charge in [-0.1, -0.05) is 0 Å². The summed E-state index contributed by atoms with van der Waals surface area (Å²) < 4.78 is 3.52. The number of anilines is 2. The molecule has 1 aliphatic heterocycles. The van der Waals surface area contributed by atoms with E-state index in [1.807, 2.05) is 30.9 Å². The third-order valence-corrected chi connectivity index (χ3v) is 4.67. The zero-order chi connectivity index (χ0) is 17.4. The van der Waals surface area contributed by atoms with Crippen LogP contribution in [0.3, 0.4) is 0 Å². The van der Waals surface area contributed by atoms with E-state index in [4.69, 9.17) is 0 Å². The van der Waals surface area contributed by atoms with Crippen molar-refractivity contribution in [3.63, 3.8) is 0 Å². The van der Waals surface area contributed by atoms with Gasteiger partial charge in [0, 0.05) is 39.2 Å². The molecular formula is C16H22N8O. The first-order chi connectivity index (χ1) is 12.2. The highest BCUT2D eigenvalue weighted by Crippen LogP contribution is 2.20. The van der Waals surface area contributed by atoms with Crippen LogP contribution in [0.2, 0.25) is 0 Å². The molecule has 9 nitrogen and oxygen atoms in total. The molecule has 9 heteroatoms. The summed E-state index contributed by atoms with van der Waals surface area (Å²) in [6, 6.07) is 1.88. The Hall–Kier alpha value is -2.68. The molecule has 132 valence electrons. The van der Waals surface area contributed by atoms with E-state index >= 15 is 0 Å². The second-order valence-corrected chi connectivity index (χ2v) is 6.43. The predicted octanol–water partition coefficient (Wildman–Crippen LogP) is 1.35. The van der Waals surface area contributed by atoms with Crippen LogP contribution < -0.4 is 10.4 Å². The number of pyridine rings is 1. The van der Waals surface area contributed by atoms with Gasteiger partial charge in [-0.2, -0.15) is 10.1 Å². The molecule has 0 atom stereocenters. The Morgan fingerprint density at radius 1 is 1.16 bits per heavy atom. The minimum atomic E-state index is 0.580. The molecule has 1 aliphatic rings. The normalized spacial score (nSPS) is 14.6. The molecule has 0 aliphatic carbocycles. The fourth-order valence-electron chi connectivity index (χ4n) is 3.22. The fraction of sp³-hybridized carbons (Fsp3) is 0.500. The molecule has 4 rings (SSSR count). The lowest BCUT2D eigenvalue weighted by Gasteiger charge is -2.10. The lowest BCUT2D eigenvalue weighted by Crippen LogP contribution is -2.19. The van der Waals surface area contributed by atoms with Crippen molar-refractivity contribution in [3.05, 3.63) is 29.5 Å². The monoisotopic (exact) mass is 342 g/mol. The first-order valence-electron chi connectivity index (χ1n) is 8.55. The third kappa shape index (κ3) is 2.91. The topological polar surface area (TPSA) is 96.4 Å². The van der Waals surface area contributed by atoms with Crippen LogP contribution >= 0.6 is 0 Å². The summed E-state index contributed by atoms with van der Waals surface area (Å²) in [5, 5.41) is 18.3. The van der Waals surface area contributed by atoms with Crippen LogP contribution in [0, 0.1) is 6.92 Å². The molecule has 0 saturated carbocycles. The van der Waals surface area contributed by atoms with Crippen molar-refractivity contribution in [1.82, 2.24) is 29.4 Å². The maximum atomic E-state index is 9.32. The second kappa shape index (κ2) is 6.32. The molecule has 1 saturated heterocycles. The molecule has 0 amide bonds. The van der Waals surface area contributed by atoms with E-state index in [1.165, 1.54) is 12.8 Å². The van der Waals surface area contributed by atoms with Crippen LogP contribution in [0.25, 0.3) is 5.65 Å². The maximum absolute atomic E-state index is 9.32. The molecule has 3 aromatic rings. The molecule has 1 fully saturated rings. The molecule has 0 spiro atoms. The zero-order valence-corrected chi connectivity index (χ0v) is 14.5. The summed E-state index contributed by atoms with van der Waals surface area (Å²) in [6.45, 7) is 3.98. The van der Waals surface area contributed by atoms with Crippen LogP contribution in [0.4, 0.5) is 11.6 Å². The van der Waals surface area contributed by atoms with Crippen LogP contribution in [0.5, 0.6) is 0 Å². The van der Waals surface area contributed by atoms with E-state index in [9.17, 15) is 5.21 Å². The maximum Gasteiger partial charge on any atom is 0.244 e. The molecule has 0 aromatic carbocycles. The van der Waals surface area contributed by atoms with E-state index in [-0.39, 0.29) is 0 Å². The van der Waals surface area contributed by atoms with Gasteiger partial charge < -0.3 is 4.90 Å². The van der Waals surface area contributed by atoms with Gasteiger partial charge in [0.15, 0.2) is 11.5 Å². The number of fused-ring (bicyclic) bond motifs is 1. The molecule has 0 radical (unpaired) electrons. The Kier molecular flexibility index (Phi) is 4.00. The largest absolute Gasteiger partial charge is 0.340 e. The summed E-state index contributed by atoms with van der Waals surface area (Å²) in [6.07, 6.45) is 5.64. The van der Waals surface area contributed by atoms with Crippen LogP contribution in [0.1, 0.15) is 30.1 Å². The highest BCUT2D eigenvalue weighted by molar-refractivity contribution is 5.69. The molecule has 3 aromatic heterocycles. The summed E-state index contributed by atoms with van der Waals surface area (Å²) >= 11 is 0. The molecule has 0 bridgehead atoms. The van der Waals surface area contributed by atoms with Crippen LogP contribution in [-0.4, -0.2) is 47.7 Å². The molecule has 4 heterocycles. The molecule has 25 heavy (non-hydrogen) atoms. The van der Waals surface area contributed by atoms with Crippen molar-refractivity contribution in [2.45, 2.75) is 32.6 Å². The Morgan fingerprint density at radius 2 is 1.96 bits per heavy atom. The summed E-state index contributed by atoms with van der Waals surface area (Å²) in [5.41, 5.74) is 4.33. The number of hydrogen-bond donors (Lipinski definition) is 2. The first kappa shape index (κ1) is 15.8. The molecule has 0 unspecified atom stereocenters. The fourth-order valence-corrected chi connectivity index (χ4v) is 3.22. The average molecular weight is 342 g/mol. The zero-order valence-electron chi connectivity index (χ0n) is 14.5. The Balaban J connectivity index is 1.52.